The Bertz CT molecular complexity index is 911. The van der Waals surface area contributed by atoms with Crippen molar-refractivity contribution in [3.8, 4) is 11.5 Å². The molecule has 0 aliphatic carbocycles. The zero-order valence-electron chi connectivity index (χ0n) is 13.1. The first-order valence-electron chi connectivity index (χ1n) is 7.84. The van der Waals surface area contributed by atoms with E-state index in [-0.39, 0.29) is 11.2 Å². The van der Waals surface area contributed by atoms with Crippen LogP contribution in [0, 0.1) is 0 Å². The Kier molecular flexibility index (Phi) is 4.59. The van der Waals surface area contributed by atoms with E-state index in [2.05, 4.69) is 31.4 Å². The first-order valence-corrected chi connectivity index (χ1v) is 9.51. The molecule has 0 spiro atoms. The molecule has 0 bridgehead atoms. The van der Waals surface area contributed by atoms with Crippen molar-refractivity contribution in [2.45, 2.75) is 23.3 Å². The molecule has 1 aliphatic rings. The third-order valence-electron chi connectivity index (χ3n) is 3.98. The summed E-state index contributed by atoms with van der Waals surface area (Å²) in [5.74, 6) is 0.422. The van der Waals surface area contributed by atoms with Gasteiger partial charge in [-0.3, -0.25) is 4.79 Å². The van der Waals surface area contributed by atoms with Crippen molar-refractivity contribution in [1.82, 2.24) is 10.2 Å². The molecule has 2 aromatic carbocycles. The van der Waals surface area contributed by atoms with Crippen molar-refractivity contribution in [3.05, 3.63) is 58.6 Å². The molecule has 1 N–H and O–H groups in total. The maximum atomic E-state index is 12.5. The molecule has 1 atom stereocenters. The first-order chi connectivity index (χ1) is 12.2. The minimum Gasteiger partial charge on any atom is -0.411 e. The number of nitrogens with one attached hydrogen (secondary N) is 1. The lowest BCUT2D eigenvalue weighted by Crippen LogP contribution is -2.23. The van der Waals surface area contributed by atoms with Gasteiger partial charge in [0.05, 0.1) is 5.25 Å². The van der Waals surface area contributed by atoms with Gasteiger partial charge in [-0.15, -0.1) is 10.2 Å². The molecule has 0 radical (unpaired) electrons. The number of nitrogens with zero attached hydrogens (tertiary/aromatic N) is 2. The van der Waals surface area contributed by atoms with E-state index >= 15 is 0 Å². The average molecular weight is 416 g/mol. The number of benzene rings is 2. The fourth-order valence-electron chi connectivity index (χ4n) is 2.69. The van der Waals surface area contributed by atoms with E-state index in [1.807, 2.05) is 48.5 Å². The van der Waals surface area contributed by atoms with E-state index in [1.54, 1.807) is 0 Å². The van der Waals surface area contributed by atoms with Gasteiger partial charge < -0.3 is 9.73 Å². The highest BCUT2D eigenvalue weighted by Gasteiger charge is 2.26. The number of halogens is 1. The number of rotatable bonds is 3. The summed E-state index contributed by atoms with van der Waals surface area (Å²) >= 11 is 4.71. The summed E-state index contributed by atoms with van der Waals surface area (Å²) in [4.78, 5) is 12.5. The van der Waals surface area contributed by atoms with Crippen LogP contribution >= 0.6 is 27.7 Å². The molecule has 4 rings (SSSR count). The van der Waals surface area contributed by atoms with Crippen molar-refractivity contribution in [3.63, 3.8) is 0 Å². The molecular weight excluding hydrogens is 402 g/mol. The van der Waals surface area contributed by atoms with Gasteiger partial charge in [0, 0.05) is 15.7 Å². The summed E-state index contributed by atoms with van der Waals surface area (Å²) in [6, 6.07) is 15.5. The number of carbonyl (C=O) groups excluding carboxylic acids is 1. The number of para-hydroxylation sites is 1. The lowest BCUT2D eigenvalue weighted by atomic mass is 10.1. The van der Waals surface area contributed by atoms with Crippen LogP contribution in [0.15, 0.2) is 62.6 Å². The predicted molar refractivity (Wildman–Crippen MR) is 100 cm³/mol. The molecule has 5 nitrogen and oxygen atoms in total. The van der Waals surface area contributed by atoms with Gasteiger partial charge in [-0.1, -0.05) is 45.9 Å². The van der Waals surface area contributed by atoms with Crippen molar-refractivity contribution in [2.24, 2.45) is 0 Å². The van der Waals surface area contributed by atoms with Gasteiger partial charge in [-0.25, -0.2) is 0 Å². The van der Waals surface area contributed by atoms with Crippen molar-refractivity contribution >= 4 is 39.3 Å². The second kappa shape index (κ2) is 7.01. The standard InChI is InChI=1S/C18H14BrN3O2S/c19-13-8-5-12(6-9-13)17-21-22-18(24-17)25-15-10-7-11-3-1-2-4-14(11)20-16(15)23/h1-6,8-9,15H,7,10H2,(H,20,23)/t15-/m0/s1. The molecule has 1 aromatic heterocycles. The molecular formula is C18H14BrN3O2S. The lowest BCUT2D eigenvalue weighted by molar-refractivity contribution is -0.115. The van der Waals surface area contributed by atoms with E-state index in [0.717, 1.165) is 34.1 Å². The monoisotopic (exact) mass is 415 g/mol. The van der Waals surface area contributed by atoms with Crippen LogP contribution in [-0.4, -0.2) is 21.4 Å². The second-order valence-corrected chi connectivity index (χ2v) is 7.74. The van der Waals surface area contributed by atoms with Crippen molar-refractivity contribution < 1.29 is 9.21 Å². The van der Waals surface area contributed by atoms with E-state index in [0.29, 0.717) is 11.1 Å². The molecule has 126 valence electrons. The van der Waals surface area contributed by atoms with Gasteiger partial charge in [0.2, 0.25) is 11.8 Å². The zero-order chi connectivity index (χ0) is 17.2. The fourth-order valence-corrected chi connectivity index (χ4v) is 3.82. The van der Waals surface area contributed by atoms with Gasteiger partial charge in [-0.05, 0) is 48.7 Å². The van der Waals surface area contributed by atoms with Crippen molar-refractivity contribution in [1.29, 1.82) is 0 Å². The van der Waals surface area contributed by atoms with E-state index in [4.69, 9.17) is 4.42 Å². The van der Waals surface area contributed by atoms with Crippen LogP contribution in [0.2, 0.25) is 0 Å². The highest BCUT2D eigenvalue weighted by atomic mass is 79.9. The first kappa shape index (κ1) is 16.4. The average Bonchev–Trinajstić information content (AvgIpc) is 3.02. The predicted octanol–water partition coefficient (Wildman–Crippen LogP) is 4.54. The Balaban J connectivity index is 1.49. The number of aromatic nitrogens is 2. The molecule has 7 heteroatoms. The summed E-state index contributed by atoms with van der Waals surface area (Å²) in [6.45, 7) is 0. The summed E-state index contributed by atoms with van der Waals surface area (Å²) in [7, 11) is 0. The third kappa shape index (κ3) is 3.62. The summed E-state index contributed by atoms with van der Waals surface area (Å²) < 4.78 is 6.71. The maximum Gasteiger partial charge on any atom is 0.277 e. The number of fused-ring (bicyclic) bond motifs is 1. The quantitative estimate of drug-likeness (QED) is 0.679. The fraction of sp³-hybridized carbons (Fsp3) is 0.167. The smallest absolute Gasteiger partial charge is 0.277 e. The highest BCUT2D eigenvalue weighted by Crippen LogP contribution is 2.32. The number of carbonyl (C=O) groups is 1. The minimum atomic E-state index is -0.259. The van der Waals surface area contributed by atoms with Crippen LogP contribution in [0.3, 0.4) is 0 Å². The number of anilines is 1. The normalized spacial score (nSPS) is 16.8. The number of aryl methyl sites for hydroxylation is 1. The summed E-state index contributed by atoms with van der Waals surface area (Å²) in [5.41, 5.74) is 2.89. The molecule has 1 amide bonds. The van der Waals surface area contributed by atoms with Crippen LogP contribution in [0.4, 0.5) is 5.69 Å². The Morgan fingerprint density at radius 2 is 1.92 bits per heavy atom. The SMILES string of the molecule is O=C1Nc2ccccc2CC[C@@H]1Sc1nnc(-c2ccc(Br)cc2)o1. The number of thioether (sulfide) groups is 1. The number of hydrogen-bond acceptors (Lipinski definition) is 5. The van der Waals surface area contributed by atoms with Crippen LogP contribution in [0.5, 0.6) is 0 Å². The molecule has 0 fully saturated rings. The van der Waals surface area contributed by atoms with Crippen LogP contribution in [0.1, 0.15) is 12.0 Å². The molecule has 3 aromatic rings. The van der Waals surface area contributed by atoms with Crippen molar-refractivity contribution in [2.75, 3.05) is 5.32 Å². The third-order valence-corrected chi connectivity index (χ3v) is 5.61. The van der Waals surface area contributed by atoms with Gasteiger partial charge in [0.25, 0.3) is 5.22 Å². The molecule has 1 aliphatic heterocycles. The topological polar surface area (TPSA) is 68.0 Å². The maximum absolute atomic E-state index is 12.5. The molecule has 0 saturated heterocycles. The van der Waals surface area contributed by atoms with Crippen LogP contribution < -0.4 is 5.32 Å². The molecule has 2 heterocycles. The van der Waals surface area contributed by atoms with Gasteiger partial charge in [0.1, 0.15) is 0 Å². The minimum absolute atomic E-state index is 0.0293. The van der Waals surface area contributed by atoms with Gasteiger partial charge in [-0.2, -0.15) is 0 Å². The Morgan fingerprint density at radius 3 is 2.76 bits per heavy atom. The Hall–Kier alpha value is -2.12. The van der Waals surface area contributed by atoms with E-state index < -0.39 is 0 Å². The number of amides is 1. The van der Waals surface area contributed by atoms with E-state index in [1.165, 1.54) is 11.8 Å². The van der Waals surface area contributed by atoms with E-state index in [9.17, 15) is 4.79 Å². The van der Waals surface area contributed by atoms with Gasteiger partial charge >= 0.3 is 0 Å². The zero-order valence-corrected chi connectivity index (χ0v) is 15.5. The summed E-state index contributed by atoms with van der Waals surface area (Å²) in [5, 5.41) is 11.3. The molecule has 25 heavy (non-hydrogen) atoms. The molecule has 0 saturated carbocycles. The van der Waals surface area contributed by atoms with Gasteiger partial charge in [0.15, 0.2) is 0 Å². The Morgan fingerprint density at radius 1 is 1.12 bits per heavy atom. The second-order valence-electron chi connectivity index (χ2n) is 5.67. The highest BCUT2D eigenvalue weighted by molar-refractivity contribution is 9.10. The van der Waals surface area contributed by atoms with Crippen LogP contribution in [0.25, 0.3) is 11.5 Å². The summed E-state index contributed by atoms with van der Waals surface area (Å²) in [6.07, 6.45) is 1.56. The largest absolute Gasteiger partial charge is 0.411 e. The number of hydrogen-bond donors (Lipinski definition) is 1. The van der Waals surface area contributed by atoms with Crippen LogP contribution in [-0.2, 0) is 11.2 Å². The molecule has 0 unspecified atom stereocenters. The lowest BCUT2D eigenvalue weighted by Gasteiger charge is -2.09. The Labute approximate surface area is 157 Å².